The zero-order chi connectivity index (χ0) is 12.0. The molecule has 2 bridgehead atoms. The van der Waals surface area contributed by atoms with E-state index in [-0.39, 0.29) is 5.84 Å². The van der Waals surface area contributed by atoms with E-state index in [1.54, 1.807) is 6.07 Å². The highest BCUT2D eigenvalue weighted by molar-refractivity contribution is 5.93. The number of amidine groups is 1. The normalized spacial score (nSPS) is 26.5. The molecule has 3 N–H and O–H groups in total. The lowest BCUT2D eigenvalue weighted by Crippen LogP contribution is -2.34. The first-order chi connectivity index (χ1) is 8.13. The Morgan fingerprint density at radius 2 is 2.29 bits per heavy atom. The van der Waals surface area contributed by atoms with Crippen LogP contribution < -0.4 is 10.6 Å². The van der Waals surface area contributed by atoms with Gasteiger partial charge in [0.1, 0.15) is 11.5 Å². The minimum atomic E-state index is 0.0149. The van der Waals surface area contributed by atoms with Crippen molar-refractivity contribution in [1.29, 1.82) is 5.41 Å². The van der Waals surface area contributed by atoms with Crippen LogP contribution in [0.5, 0.6) is 0 Å². The average Bonchev–Trinajstić information content (AvgIpc) is 2.89. The number of nitrogens with two attached hydrogens (primary N) is 1. The largest absolute Gasteiger partial charge is 0.382 e. The fraction of sp³-hybridized carbons (Fsp3) is 0.583. The van der Waals surface area contributed by atoms with Gasteiger partial charge < -0.3 is 10.6 Å². The quantitative estimate of drug-likeness (QED) is 0.589. The lowest BCUT2D eigenvalue weighted by atomic mass is 10.1. The molecule has 2 aliphatic rings. The molecule has 0 aromatic carbocycles. The van der Waals surface area contributed by atoms with E-state index in [2.05, 4.69) is 14.9 Å². The molecule has 1 saturated heterocycles. The van der Waals surface area contributed by atoms with Crippen molar-refractivity contribution >= 4 is 11.8 Å². The zero-order valence-corrected chi connectivity index (χ0v) is 9.98. The van der Waals surface area contributed by atoms with Crippen molar-refractivity contribution in [3.8, 4) is 0 Å². The summed E-state index contributed by atoms with van der Waals surface area (Å²) >= 11 is 0. The Balaban J connectivity index is 1.95. The van der Waals surface area contributed by atoms with Crippen LogP contribution in [0.3, 0.4) is 0 Å². The molecule has 2 unspecified atom stereocenters. The molecule has 2 atom stereocenters. The fourth-order valence-electron chi connectivity index (χ4n) is 2.99. The highest BCUT2D eigenvalue weighted by Crippen LogP contribution is 2.38. The van der Waals surface area contributed by atoms with Gasteiger partial charge in [-0.05, 0) is 38.2 Å². The van der Waals surface area contributed by atoms with Gasteiger partial charge in [0.2, 0.25) is 5.95 Å². The molecule has 0 spiro atoms. The maximum atomic E-state index is 7.47. The van der Waals surface area contributed by atoms with Gasteiger partial charge in [-0.2, -0.15) is 0 Å². The topological polar surface area (TPSA) is 78.9 Å². The SMILES string of the molecule is Cc1cc(C(=N)N)nc(N2CC3CCC2C3)n1. The summed E-state index contributed by atoms with van der Waals surface area (Å²) in [6.07, 6.45) is 3.86. The maximum absolute atomic E-state index is 7.47. The molecule has 90 valence electrons. The number of hydrogen-bond acceptors (Lipinski definition) is 4. The third kappa shape index (κ3) is 1.75. The van der Waals surface area contributed by atoms with Crippen molar-refractivity contribution in [2.75, 3.05) is 11.4 Å². The van der Waals surface area contributed by atoms with E-state index >= 15 is 0 Å². The molecular formula is C12H17N5. The molecule has 2 heterocycles. The number of nitrogens with zero attached hydrogens (tertiary/aromatic N) is 3. The summed E-state index contributed by atoms with van der Waals surface area (Å²) in [5, 5.41) is 7.47. The Bertz CT molecular complexity index is 470. The van der Waals surface area contributed by atoms with Crippen LogP contribution in [0, 0.1) is 18.3 Å². The lowest BCUT2D eigenvalue weighted by Gasteiger charge is -2.27. The van der Waals surface area contributed by atoms with Gasteiger partial charge in [0.15, 0.2) is 0 Å². The minimum Gasteiger partial charge on any atom is -0.382 e. The predicted octanol–water partition coefficient (Wildman–Crippen LogP) is 1.06. The number of rotatable bonds is 2. The molecule has 5 nitrogen and oxygen atoms in total. The first-order valence-electron chi connectivity index (χ1n) is 6.10. The molecule has 1 aliphatic heterocycles. The summed E-state index contributed by atoms with van der Waals surface area (Å²) < 4.78 is 0. The van der Waals surface area contributed by atoms with Gasteiger partial charge >= 0.3 is 0 Å². The van der Waals surface area contributed by atoms with Crippen molar-refractivity contribution in [1.82, 2.24) is 9.97 Å². The third-order valence-corrected chi connectivity index (χ3v) is 3.78. The number of aromatic nitrogens is 2. The van der Waals surface area contributed by atoms with E-state index in [4.69, 9.17) is 11.1 Å². The van der Waals surface area contributed by atoms with E-state index < -0.39 is 0 Å². The van der Waals surface area contributed by atoms with Crippen molar-refractivity contribution in [2.45, 2.75) is 32.2 Å². The van der Waals surface area contributed by atoms with Crippen LogP contribution in [-0.4, -0.2) is 28.4 Å². The smallest absolute Gasteiger partial charge is 0.226 e. The summed E-state index contributed by atoms with van der Waals surface area (Å²) in [6.45, 7) is 2.98. The Labute approximate surface area is 101 Å². The molecule has 2 fully saturated rings. The summed E-state index contributed by atoms with van der Waals surface area (Å²) in [7, 11) is 0. The number of anilines is 1. The highest BCUT2D eigenvalue weighted by atomic mass is 15.3. The van der Waals surface area contributed by atoms with Gasteiger partial charge in [-0.3, -0.25) is 5.41 Å². The molecule has 0 amide bonds. The summed E-state index contributed by atoms with van der Waals surface area (Å²) in [6, 6.07) is 2.36. The van der Waals surface area contributed by atoms with E-state index in [9.17, 15) is 0 Å². The Morgan fingerprint density at radius 3 is 2.88 bits per heavy atom. The van der Waals surface area contributed by atoms with Crippen LogP contribution in [-0.2, 0) is 0 Å². The second-order valence-corrected chi connectivity index (χ2v) is 5.09. The number of nitrogens with one attached hydrogen (secondary N) is 1. The molecule has 1 saturated carbocycles. The van der Waals surface area contributed by atoms with Gasteiger partial charge in [0.25, 0.3) is 0 Å². The van der Waals surface area contributed by atoms with E-state index in [1.807, 2.05) is 6.92 Å². The van der Waals surface area contributed by atoms with E-state index in [0.717, 1.165) is 24.1 Å². The lowest BCUT2D eigenvalue weighted by molar-refractivity contribution is 0.546. The molecular weight excluding hydrogens is 214 g/mol. The van der Waals surface area contributed by atoms with Crippen LogP contribution in [0.1, 0.15) is 30.7 Å². The number of nitrogen functional groups attached to an aromatic ring is 1. The number of aryl methyl sites for hydroxylation is 1. The standard InChI is InChI=1S/C12H17N5/c1-7-4-10(11(13)14)16-12(15-7)17-6-8-2-3-9(17)5-8/h4,8-9H,2-3,5-6H2,1H3,(H3,13,14). The number of hydrogen-bond donors (Lipinski definition) is 2. The van der Waals surface area contributed by atoms with Gasteiger partial charge in [-0.25, -0.2) is 9.97 Å². The average molecular weight is 231 g/mol. The Morgan fingerprint density at radius 1 is 1.47 bits per heavy atom. The first kappa shape index (κ1) is 10.5. The molecule has 0 radical (unpaired) electrons. The Kier molecular flexibility index (Phi) is 2.28. The molecule has 1 aromatic heterocycles. The van der Waals surface area contributed by atoms with E-state index in [0.29, 0.717) is 11.7 Å². The van der Waals surface area contributed by atoms with Crippen molar-refractivity contribution < 1.29 is 0 Å². The minimum absolute atomic E-state index is 0.0149. The first-order valence-corrected chi connectivity index (χ1v) is 6.10. The van der Waals surface area contributed by atoms with E-state index in [1.165, 1.54) is 19.3 Å². The second kappa shape index (κ2) is 3.68. The maximum Gasteiger partial charge on any atom is 0.226 e. The van der Waals surface area contributed by atoms with Crippen LogP contribution in [0.2, 0.25) is 0 Å². The molecule has 1 aromatic rings. The molecule has 17 heavy (non-hydrogen) atoms. The summed E-state index contributed by atoms with van der Waals surface area (Å²) in [4.78, 5) is 11.2. The predicted molar refractivity (Wildman–Crippen MR) is 66.3 cm³/mol. The molecule has 3 rings (SSSR count). The van der Waals surface area contributed by atoms with Crippen LogP contribution in [0.15, 0.2) is 6.07 Å². The van der Waals surface area contributed by atoms with Crippen LogP contribution in [0.4, 0.5) is 5.95 Å². The van der Waals surface area contributed by atoms with Gasteiger partial charge in [-0.15, -0.1) is 0 Å². The Hall–Kier alpha value is -1.65. The van der Waals surface area contributed by atoms with Gasteiger partial charge in [0, 0.05) is 18.3 Å². The van der Waals surface area contributed by atoms with Crippen molar-refractivity contribution in [3.63, 3.8) is 0 Å². The molecule has 1 aliphatic carbocycles. The summed E-state index contributed by atoms with van der Waals surface area (Å²) in [5.41, 5.74) is 6.92. The molecule has 5 heteroatoms. The van der Waals surface area contributed by atoms with Crippen LogP contribution in [0.25, 0.3) is 0 Å². The zero-order valence-electron chi connectivity index (χ0n) is 9.98. The van der Waals surface area contributed by atoms with Crippen LogP contribution >= 0.6 is 0 Å². The fourth-order valence-corrected chi connectivity index (χ4v) is 2.99. The van der Waals surface area contributed by atoms with Crippen molar-refractivity contribution in [2.24, 2.45) is 11.7 Å². The third-order valence-electron chi connectivity index (χ3n) is 3.78. The summed E-state index contributed by atoms with van der Waals surface area (Å²) in [5.74, 6) is 1.58. The van der Waals surface area contributed by atoms with Crippen molar-refractivity contribution in [3.05, 3.63) is 17.5 Å². The highest BCUT2D eigenvalue weighted by Gasteiger charge is 2.39. The van der Waals surface area contributed by atoms with Gasteiger partial charge in [-0.1, -0.05) is 0 Å². The van der Waals surface area contributed by atoms with Gasteiger partial charge in [0.05, 0.1) is 0 Å². The monoisotopic (exact) mass is 231 g/mol. The number of fused-ring (bicyclic) bond motifs is 2. The number of piperidine rings is 1. The second-order valence-electron chi connectivity index (χ2n) is 5.09.